The van der Waals surface area contributed by atoms with Crippen LogP contribution in [0.3, 0.4) is 0 Å². The number of benzene rings is 2. The van der Waals surface area contributed by atoms with Crippen molar-refractivity contribution in [2.75, 3.05) is 31.4 Å². The van der Waals surface area contributed by atoms with Crippen LogP contribution in [0.15, 0.2) is 36.4 Å². The van der Waals surface area contributed by atoms with Crippen molar-refractivity contribution in [2.45, 2.75) is 20.0 Å². The molecule has 1 aromatic heterocycles. The van der Waals surface area contributed by atoms with Gasteiger partial charge in [-0.3, -0.25) is 0 Å². The van der Waals surface area contributed by atoms with Crippen molar-refractivity contribution in [3.63, 3.8) is 0 Å². The van der Waals surface area contributed by atoms with Gasteiger partial charge in [-0.2, -0.15) is 0 Å². The molecule has 0 spiro atoms. The molecule has 142 valence electrons. The van der Waals surface area contributed by atoms with Crippen molar-refractivity contribution in [3.05, 3.63) is 47.5 Å². The van der Waals surface area contributed by atoms with Gasteiger partial charge < -0.3 is 20.9 Å². The molecule has 0 saturated heterocycles. The molecule has 0 bridgehead atoms. The first-order valence-corrected chi connectivity index (χ1v) is 8.80. The zero-order valence-electron chi connectivity index (χ0n) is 15.7. The molecule has 5 nitrogen and oxygen atoms in total. The van der Waals surface area contributed by atoms with Crippen LogP contribution in [-0.2, 0) is 0 Å². The zero-order valence-corrected chi connectivity index (χ0v) is 15.7. The van der Waals surface area contributed by atoms with E-state index in [1.54, 1.807) is 7.05 Å². The third kappa shape index (κ3) is 3.80. The number of aliphatic hydroxyl groups excluding tert-OH is 1. The fraction of sp³-hybridized carbons (Fsp3) is 0.286. The zero-order chi connectivity index (χ0) is 19.6. The van der Waals surface area contributed by atoms with Crippen molar-refractivity contribution >= 4 is 22.3 Å². The lowest BCUT2D eigenvalue weighted by atomic mass is 9.98. The summed E-state index contributed by atoms with van der Waals surface area (Å²) in [6, 6.07) is 11.4. The number of hydrogen-bond acceptors (Lipinski definition) is 5. The fourth-order valence-corrected chi connectivity index (χ4v) is 3.04. The molecular weight excluding hydrogens is 345 g/mol. The van der Waals surface area contributed by atoms with Gasteiger partial charge in [-0.05, 0) is 55.3 Å². The second kappa shape index (κ2) is 7.80. The molecule has 0 radical (unpaired) electrons. The Morgan fingerprint density at radius 1 is 1.19 bits per heavy atom. The first kappa shape index (κ1) is 18.9. The molecule has 2 aromatic carbocycles. The number of rotatable bonds is 6. The smallest absolute Gasteiger partial charge is 0.143 e. The van der Waals surface area contributed by atoms with Gasteiger partial charge in [-0.1, -0.05) is 6.07 Å². The SMILES string of the molecule is CNc1ccc(-c2nc3ccc(N)cc3c(C)c2C)cc1OCC(O)CF. The molecule has 0 aliphatic carbocycles. The van der Waals surface area contributed by atoms with Gasteiger partial charge in [0.05, 0.1) is 16.9 Å². The lowest BCUT2D eigenvalue weighted by Gasteiger charge is -2.16. The van der Waals surface area contributed by atoms with Gasteiger partial charge in [-0.25, -0.2) is 9.37 Å². The molecule has 1 unspecified atom stereocenters. The Morgan fingerprint density at radius 3 is 2.67 bits per heavy atom. The molecule has 1 heterocycles. The van der Waals surface area contributed by atoms with Crippen LogP contribution in [0.25, 0.3) is 22.2 Å². The van der Waals surface area contributed by atoms with Crippen LogP contribution in [0, 0.1) is 13.8 Å². The minimum Gasteiger partial charge on any atom is -0.489 e. The average molecular weight is 369 g/mol. The number of aromatic nitrogens is 1. The Kier molecular flexibility index (Phi) is 5.46. The number of halogens is 1. The predicted octanol–water partition coefficient (Wildman–Crippen LogP) is 3.85. The first-order valence-electron chi connectivity index (χ1n) is 8.80. The molecule has 3 aromatic rings. The van der Waals surface area contributed by atoms with E-state index in [0.29, 0.717) is 11.4 Å². The first-order chi connectivity index (χ1) is 12.9. The van der Waals surface area contributed by atoms with Gasteiger partial charge in [0.1, 0.15) is 25.1 Å². The Balaban J connectivity index is 2.08. The topological polar surface area (TPSA) is 80.4 Å². The van der Waals surface area contributed by atoms with Crippen LogP contribution in [0.1, 0.15) is 11.1 Å². The standard InChI is InChI=1S/C21H24FN3O2/c1-12-13(2)21(25-18-7-5-15(23)9-17(12)18)14-4-6-19(24-3)20(8-14)27-11-16(26)10-22/h4-9,16,24,26H,10-11,23H2,1-3H3. The largest absolute Gasteiger partial charge is 0.489 e. The number of anilines is 2. The van der Waals surface area contributed by atoms with Gasteiger partial charge in [0, 0.05) is 23.7 Å². The highest BCUT2D eigenvalue weighted by Crippen LogP contribution is 2.34. The number of nitrogens with two attached hydrogens (primary N) is 1. The van der Waals surface area contributed by atoms with Crippen LogP contribution in [-0.4, -0.2) is 36.5 Å². The number of alkyl halides is 1. The van der Waals surface area contributed by atoms with E-state index in [1.807, 2.05) is 43.3 Å². The summed E-state index contributed by atoms with van der Waals surface area (Å²) in [7, 11) is 1.78. The van der Waals surface area contributed by atoms with Crippen LogP contribution in [0.5, 0.6) is 5.75 Å². The monoisotopic (exact) mass is 369 g/mol. The maximum absolute atomic E-state index is 12.5. The molecule has 27 heavy (non-hydrogen) atoms. The van der Waals surface area contributed by atoms with E-state index >= 15 is 0 Å². The number of aryl methyl sites for hydroxylation is 1. The van der Waals surface area contributed by atoms with Gasteiger partial charge >= 0.3 is 0 Å². The summed E-state index contributed by atoms with van der Waals surface area (Å²) in [6.45, 7) is 3.12. The number of nitrogen functional groups attached to an aromatic ring is 1. The van der Waals surface area contributed by atoms with Crippen LogP contribution < -0.4 is 15.8 Å². The Morgan fingerprint density at radius 2 is 1.96 bits per heavy atom. The van der Waals surface area contributed by atoms with E-state index in [0.717, 1.165) is 39.0 Å². The minimum absolute atomic E-state index is 0.114. The molecule has 4 N–H and O–H groups in total. The van der Waals surface area contributed by atoms with E-state index in [9.17, 15) is 9.50 Å². The van der Waals surface area contributed by atoms with Crippen molar-refractivity contribution in [1.29, 1.82) is 0 Å². The molecule has 0 fully saturated rings. The minimum atomic E-state index is -1.15. The van der Waals surface area contributed by atoms with Crippen molar-refractivity contribution in [1.82, 2.24) is 4.98 Å². The van der Waals surface area contributed by atoms with Gasteiger partial charge in [0.25, 0.3) is 0 Å². The number of fused-ring (bicyclic) bond motifs is 1. The molecule has 0 aliphatic rings. The second-order valence-corrected chi connectivity index (χ2v) is 6.57. The second-order valence-electron chi connectivity index (χ2n) is 6.57. The van der Waals surface area contributed by atoms with Crippen molar-refractivity contribution in [3.8, 4) is 17.0 Å². The van der Waals surface area contributed by atoms with E-state index < -0.39 is 12.8 Å². The van der Waals surface area contributed by atoms with Gasteiger partial charge in [0.15, 0.2) is 0 Å². The Labute approximate surface area is 158 Å². The molecule has 3 rings (SSSR count). The number of nitrogens with one attached hydrogen (secondary N) is 1. The van der Waals surface area contributed by atoms with E-state index in [1.165, 1.54) is 0 Å². The predicted molar refractivity (Wildman–Crippen MR) is 108 cm³/mol. The van der Waals surface area contributed by atoms with Crippen LogP contribution >= 0.6 is 0 Å². The van der Waals surface area contributed by atoms with Crippen LogP contribution in [0.2, 0.25) is 0 Å². The summed E-state index contributed by atoms with van der Waals surface area (Å²) in [5.74, 6) is 0.541. The molecule has 1 atom stereocenters. The number of pyridine rings is 1. The van der Waals surface area contributed by atoms with E-state index in [-0.39, 0.29) is 6.61 Å². The lowest BCUT2D eigenvalue weighted by molar-refractivity contribution is 0.0845. The number of hydrogen-bond donors (Lipinski definition) is 3. The summed E-state index contributed by atoms with van der Waals surface area (Å²) in [5, 5.41) is 13.5. The van der Waals surface area contributed by atoms with Crippen molar-refractivity contribution in [2.24, 2.45) is 0 Å². The summed E-state index contributed by atoms with van der Waals surface area (Å²) in [5.41, 5.74) is 12.2. The van der Waals surface area contributed by atoms with Crippen LogP contribution in [0.4, 0.5) is 15.8 Å². The Hall–Kier alpha value is -2.86. The van der Waals surface area contributed by atoms with E-state index in [2.05, 4.69) is 12.2 Å². The lowest BCUT2D eigenvalue weighted by Crippen LogP contribution is -2.19. The highest BCUT2D eigenvalue weighted by atomic mass is 19.1. The summed E-state index contributed by atoms with van der Waals surface area (Å²) in [6.07, 6.45) is -1.15. The molecule has 0 aliphatic heterocycles. The maximum atomic E-state index is 12.5. The highest BCUT2D eigenvalue weighted by Gasteiger charge is 2.14. The molecule has 6 heteroatoms. The molecular formula is C21H24FN3O2. The van der Waals surface area contributed by atoms with Gasteiger partial charge in [0.2, 0.25) is 0 Å². The summed E-state index contributed by atoms with van der Waals surface area (Å²) >= 11 is 0. The van der Waals surface area contributed by atoms with E-state index in [4.69, 9.17) is 15.5 Å². The third-order valence-electron chi connectivity index (χ3n) is 4.71. The normalized spacial score (nSPS) is 12.2. The number of aliphatic hydroxyl groups is 1. The fourth-order valence-electron chi connectivity index (χ4n) is 3.04. The molecule has 0 saturated carbocycles. The summed E-state index contributed by atoms with van der Waals surface area (Å²) in [4.78, 5) is 4.81. The van der Waals surface area contributed by atoms with Crippen molar-refractivity contribution < 1.29 is 14.2 Å². The average Bonchev–Trinajstić information content (AvgIpc) is 2.69. The highest BCUT2D eigenvalue weighted by molar-refractivity contribution is 5.89. The summed E-state index contributed by atoms with van der Waals surface area (Å²) < 4.78 is 18.1. The maximum Gasteiger partial charge on any atom is 0.143 e. The Bertz CT molecular complexity index is 975. The molecule has 0 amide bonds. The quantitative estimate of drug-likeness (QED) is 0.575. The number of nitrogens with zero attached hydrogens (tertiary/aromatic N) is 1. The van der Waals surface area contributed by atoms with Gasteiger partial charge in [-0.15, -0.1) is 0 Å². The number of ether oxygens (including phenoxy) is 1. The third-order valence-corrected chi connectivity index (χ3v) is 4.71.